The average molecular weight is 318 g/mol. The fourth-order valence-electron chi connectivity index (χ4n) is 2.07. The molecular weight excluding hydrogens is 301 g/mol. The monoisotopic (exact) mass is 317 g/mol. The van der Waals surface area contributed by atoms with E-state index in [0.717, 1.165) is 0 Å². The number of carbonyl (C=O) groups excluding carboxylic acids is 1. The number of hydrogen-bond acceptors (Lipinski definition) is 4. The Morgan fingerprint density at radius 3 is 2.75 bits per heavy atom. The molecule has 0 atom stereocenters. The van der Waals surface area contributed by atoms with Gasteiger partial charge in [-0.15, -0.1) is 0 Å². The van der Waals surface area contributed by atoms with Gasteiger partial charge in [-0.05, 0) is 25.8 Å². The predicted octanol–water partition coefficient (Wildman–Crippen LogP) is 2.17. The van der Waals surface area contributed by atoms with Crippen LogP contribution in [0, 0.1) is 0 Å². The van der Waals surface area contributed by atoms with Gasteiger partial charge in [0.2, 0.25) is 5.91 Å². The summed E-state index contributed by atoms with van der Waals surface area (Å²) in [6.45, 7) is 3.48. The van der Waals surface area contributed by atoms with Crippen LogP contribution in [0.25, 0.3) is 0 Å². The molecule has 0 spiro atoms. The van der Waals surface area contributed by atoms with Gasteiger partial charge >= 0.3 is 0 Å². The van der Waals surface area contributed by atoms with E-state index in [0.29, 0.717) is 41.8 Å². The smallest absolute Gasteiger partial charge is 0.239 e. The molecule has 0 aromatic carbocycles. The zero-order valence-corrected chi connectivity index (χ0v) is 12.7. The number of halogens is 2. The summed E-state index contributed by atoms with van der Waals surface area (Å²) >= 11 is 11.7. The second-order valence-electron chi connectivity index (χ2n) is 5.31. The van der Waals surface area contributed by atoms with Crippen LogP contribution in [0.3, 0.4) is 0 Å². The van der Waals surface area contributed by atoms with Crippen molar-refractivity contribution in [1.82, 2.24) is 9.88 Å². The van der Waals surface area contributed by atoms with Crippen LogP contribution in [0.5, 0.6) is 0 Å². The van der Waals surface area contributed by atoms with Gasteiger partial charge < -0.3 is 10.4 Å². The molecule has 7 heteroatoms. The quantitative estimate of drug-likeness (QED) is 0.896. The van der Waals surface area contributed by atoms with E-state index < -0.39 is 5.60 Å². The van der Waals surface area contributed by atoms with Crippen LogP contribution in [0.2, 0.25) is 10.0 Å². The largest absolute Gasteiger partial charge is 0.390 e. The number of pyridine rings is 1. The van der Waals surface area contributed by atoms with Crippen LogP contribution in [0.1, 0.15) is 19.8 Å². The Labute approximate surface area is 127 Å². The van der Waals surface area contributed by atoms with Crippen molar-refractivity contribution in [2.24, 2.45) is 0 Å². The van der Waals surface area contributed by atoms with Crippen LogP contribution in [0.15, 0.2) is 12.3 Å². The van der Waals surface area contributed by atoms with Crippen LogP contribution < -0.4 is 5.32 Å². The Hall–Kier alpha value is -0.880. The van der Waals surface area contributed by atoms with Crippen LogP contribution in [0.4, 0.5) is 5.82 Å². The van der Waals surface area contributed by atoms with Gasteiger partial charge in [0.25, 0.3) is 0 Å². The Balaban J connectivity index is 1.87. The molecule has 5 nitrogen and oxygen atoms in total. The fraction of sp³-hybridized carbons (Fsp3) is 0.538. The molecular formula is C13H17Cl2N3O2. The molecule has 2 rings (SSSR count). The van der Waals surface area contributed by atoms with Gasteiger partial charge in [0, 0.05) is 19.3 Å². The molecule has 1 aromatic heterocycles. The summed E-state index contributed by atoms with van der Waals surface area (Å²) in [4.78, 5) is 17.9. The zero-order valence-electron chi connectivity index (χ0n) is 11.2. The Morgan fingerprint density at radius 1 is 1.50 bits per heavy atom. The molecule has 2 N–H and O–H groups in total. The molecule has 1 fully saturated rings. The highest BCUT2D eigenvalue weighted by atomic mass is 35.5. The molecule has 2 heterocycles. The molecule has 0 unspecified atom stereocenters. The number of rotatable bonds is 3. The number of carbonyl (C=O) groups is 1. The lowest BCUT2D eigenvalue weighted by molar-refractivity contribution is -0.118. The van der Waals surface area contributed by atoms with Crippen molar-refractivity contribution in [3.8, 4) is 0 Å². The molecule has 1 aliphatic heterocycles. The molecule has 110 valence electrons. The molecule has 0 radical (unpaired) electrons. The summed E-state index contributed by atoms with van der Waals surface area (Å²) < 4.78 is 0. The normalized spacial score (nSPS) is 18.8. The van der Waals surface area contributed by atoms with Crippen molar-refractivity contribution in [3.05, 3.63) is 22.3 Å². The first-order valence-electron chi connectivity index (χ1n) is 6.41. The molecule has 0 bridgehead atoms. The minimum Gasteiger partial charge on any atom is -0.390 e. The summed E-state index contributed by atoms with van der Waals surface area (Å²) in [6.07, 6.45) is 2.77. The third kappa shape index (κ3) is 4.31. The number of hydrogen-bond donors (Lipinski definition) is 2. The van der Waals surface area contributed by atoms with E-state index in [1.54, 1.807) is 0 Å². The van der Waals surface area contributed by atoms with E-state index in [4.69, 9.17) is 23.2 Å². The van der Waals surface area contributed by atoms with Gasteiger partial charge in [-0.2, -0.15) is 0 Å². The van der Waals surface area contributed by atoms with Gasteiger partial charge in [0.15, 0.2) is 5.82 Å². The van der Waals surface area contributed by atoms with E-state index in [-0.39, 0.29) is 12.5 Å². The maximum Gasteiger partial charge on any atom is 0.239 e. The van der Waals surface area contributed by atoms with E-state index in [1.165, 1.54) is 12.3 Å². The summed E-state index contributed by atoms with van der Waals surface area (Å²) in [5, 5.41) is 13.3. The fourth-order valence-corrected chi connectivity index (χ4v) is 2.50. The molecule has 0 aliphatic carbocycles. The van der Waals surface area contributed by atoms with Crippen molar-refractivity contribution in [3.63, 3.8) is 0 Å². The maximum absolute atomic E-state index is 11.9. The second-order valence-corrected chi connectivity index (χ2v) is 6.15. The number of piperidine rings is 1. The number of amides is 1. The van der Waals surface area contributed by atoms with Crippen molar-refractivity contribution in [2.75, 3.05) is 25.0 Å². The summed E-state index contributed by atoms with van der Waals surface area (Å²) in [7, 11) is 0. The van der Waals surface area contributed by atoms with Crippen molar-refractivity contribution >= 4 is 34.9 Å². The third-order valence-electron chi connectivity index (χ3n) is 3.37. The van der Waals surface area contributed by atoms with E-state index >= 15 is 0 Å². The Kier molecular flexibility index (Phi) is 4.86. The first-order chi connectivity index (χ1) is 9.35. The first kappa shape index (κ1) is 15.5. The van der Waals surface area contributed by atoms with Gasteiger partial charge in [0.1, 0.15) is 0 Å². The van der Waals surface area contributed by atoms with Crippen molar-refractivity contribution in [1.29, 1.82) is 0 Å². The van der Waals surface area contributed by atoms with Crippen molar-refractivity contribution < 1.29 is 9.90 Å². The lowest BCUT2D eigenvalue weighted by Gasteiger charge is -2.35. The van der Waals surface area contributed by atoms with E-state index in [1.807, 2.05) is 11.8 Å². The second kappa shape index (κ2) is 6.26. The minimum atomic E-state index is -0.617. The van der Waals surface area contributed by atoms with Gasteiger partial charge in [-0.25, -0.2) is 4.98 Å². The van der Waals surface area contributed by atoms with Crippen LogP contribution >= 0.6 is 23.2 Å². The van der Waals surface area contributed by atoms with Gasteiger partial charge in [-0.3, -0.25) is 9.69 Å². The van der Waals surface area contributed by atoms with Crippen LogP contribution in [-0.4, -0.2) is 46.1 Å². The highest BCUT2D eigenvalue weighted by Gasteiger charge is 2.28. The molecule has 1 amide bonds. The number of aliphatic hydroxyl groups is 1. The number of likely N-dealkylation sites (tertiary alicyclic amines) is 1. The predicted molar refractivity (Wildman–Crippen MR) is 79.2 cm³/mol. The highest BCUT2D eigenvalue weighted by Crippen LogP contribution is 2.23. The summed E-state index contributed by atoms with van der Waals surface area (Å²) in [5.41, 5.74) is -0.617. The lowest BCUT2D eigenvalue weighted by Crippen LogP contribution is -2.45. The first-order valence-corrected chi connectivity index (χ1v) is 7.17. The van der Waals surface area contributed by atoms with E-state index in [2.05, 4.69) is 10.3 Å². The molecule has 1 aromatic rings. The SMILES string of the molecule is CC1(O)CCN(CC(=O)Nc2ncc(Cl)cc2Cl)CC1. The standard InChI is InChI=1S/C13H17Cl2N3O2/c1-13(20)2-4-18(5-3-13)8-11(19)17-12-10(15)6-9(14)7-16-12/h6-7,20H,2-5,8H2,1H3,(H,16,17,19). The minimum absolute atomic E-state index is 0.178. The number of anilines is 1. The maximum atomic E-state index is 11.9. The third-order valence-corrected chi connectivity index (χ3v) is 3.86. The average Bonchev–Trinajstić information content (AvgIpc) is 2.35. The summed E-state index contributed by atoms with van der Waals surface area (Å²) in [5.74, 6) is 0.133. The Bertz CT molecular complexity index is 498. The highest BCUT2D eigenvalue weighted by molar-refractivity contribution is 6.36. The van der Waals surface area contributed by atoms with Crippen molar-refractivity contribution in [2.45, 2.75) is 25.4 Å². The number of nitrogens with one attached hydrogen (secondary N) is 1. The van der Waals surface area contributed by atoms with Gasteiger partial charge in [-0.1, -0.05) is 23.2 Å². The zero-order chi connectivity index (χ0) is 14.8. The topological polar surface area (TPSA) is 65.5 Å². The molecule has 1 aliphatic rings. The van der Waals surface area contributed by atoms with Crippen LogP contribution in [-0.2, 0) is 4.79 Å². The molecule has 1 saturated heterocycles. The van der Waals surface area contributed by atoms with Gasteiger partial charge in [0.05, 0.1) is 22.2 Å². The summed E-state index contributed by atoms with van der Waals surface area (Å²) in [6, 6.07) is 1.53. The Morgan fingerprint density at radius 2 is 2.15 bits per heavy atom. The van der Waals surface area contributed by atoms with E-state index in [9.17, 15) is 9.90 Å². The lowest BCUT2D eigenvalue weighted by atomic mass is 9.94. The number of aromatic nitrogens is 1. The molecule has 20 heavy (non-hydrogen) atoms. The molecule has 0 saturated carbocycles. The number of nitrogens with zero attached hydrogens (tertiary/aromatic N) is 2.